The van der Waals surface area contributed by atoms with Crippen LogP contribution in [-0.2, 0) is 9.59 Å². The van der Waals surface area contributed by atoms with E-state index in [9.17, 15) is 9.59 Å². The van der Waals surface area contributed by atoms with Crippen LogP contribution < -0.4 is 20.3 Å². The molecule has 0 aliphatic carbocycles. The van der Waals surface area contributed by atoms with Crippen molar-refractivity contribution in [1.29, 1.82) is 0 Å². The van der Waals surface area contributed by atoms with Crippen molar-refractivity contribution < 1.29 is 14.3 Å². The molecular formula is C28H28ClN5O3S2. The van der Waals surface area contributed by atoms with Crippen molar-refractivity contribution in [3.05, 3.63) is 58.9 Å². The summed E-state index contributed by atoms with van der Waals surface area (Å²) in [4.78, 5) is 37.5. The Morgan fingerprint density at radius 3 is 2.64 bits per heavy atom. The molecule has 8 nitrogen and oxygen atoms in total. The fraction of sp³-hybridized carbons (Fsp3) is 0.286. The normalized spacial score (nSPS) is 17.1. The lowest BCUT2D eigenvalue weighted by Crippen LogP contribution is -2.35. The van der Waals surface area contributed by atoms with E-state index in [0.29, 0.717) is 24.3 Å². The van der Waals surface area contributed by atoms with E-state index in [1.54, 1.807) is 23.3 Å². The number of carbonyl (C=O) groups is 2. The molecule has 1 aromatic carbocycles. The van der Waals surface area contributed by atoms with Crippen LogP contribution in [0.3, 0.4) is 0 Å². The molecule has 202 valence electrons. The van der Waals surface area contributed by atoms with E-state index in [1.807, 2.05) is 41.8 Å². The number of hydrogen-bond acceptors (Lipinski definition) is 9. The molecule has 6 rings (SSSR count). The highest BCUT2D eigenvalue weighted by Crippen LogP contribution is 2.41. The minimum absolute atomic E-state index is 0. The molecule has 3 aromatic heterocycles. The van der Waals surface area contributed by atoms with E-state index < -0.39 is 11.8 Å². The first-order valence-electron chi connectivity index (χ1n) is 12.7. The number of likely N-dealkylation sites (N-methyl/N-ethyl adjacent to an activating group) is 1. The summed E-state index contributed by atoms with van der Waals surface area (Å²) in [5.41, 5.74) is 2.22. The highest BCUT2D eigenvalue weighted by Gasteiger charge is 2.28. The fourth-order valence-corrected chi connectivity index (χ4v) is 6.48. The number of carbonyl (C=O) groups excluding carboxylic acids is 2. The molecular weight excluding hydrogens is 554 g/mol. The van der Waals surface area contributed by atoms with Crippen LogP contribution in [0.15, 0.2) is 58.9 Å². The van der Waals surface area contributed by atoms with E-state index in [1.165, 1.54) is 36.7 Å². The maximum absolute atomic E-state index is 12.5. The van der Waals surface area contributed by atoms with Gasteiger partial charge < -0.3 is 15.0 Å². The summed E-state index contributed by atoms with van der Waals surface area (Å²) in [7, 11) is 1.75. The second-order valence-electron chi connectivity index (χ2n) is 9.39. The van der Waals surface area contributed by atoms with Crippen LogP contribution in [0.2, 0.25) is 0 Å². The smallest absolute Gasteiger partial charge is 0.274 e. The van der Waals surface area contributed by atoms with Crippen LogP contribution in [0, 0.1) is 0 Å². The quantitative estimate of drug-likeness (QED) is 0.269. The Hall–Kier alpha value is -3.31. The van der Waals surface area contributed by atoms with Crippen molar-refractivity contribution in [2.45, 2.75) is 31.7 Å². The zero-order valence-electron chi connectivity index (χ0n) is 21.3. The fourth-order valence-electron chi connectivity index (χ4n) is 4.88. The van der Waals surface area contributed by atoms with Gasteiger partial charge in [-0.05, 0) is 54.9 Å². The number of nitrogens with zero attached hydrogens (tertiary/aromatic N) is 3. The number of nitrogens with one attached hydrogen (secondary N) is 2. The second kappa shape index (κ2) is 11.8. The van der Waals surface area contributed by atoms with Gasteiger partial charge in [0.25, 0.3) is 11.8 Å². The lowest BCUT2D eigenvalue weighted by molar-refractivity contribution is -0.123. The number of anilines is 1. The van der Waals surface area contributed by atoms with Crippen LogP contribution in [0.1, 0.15) is 25.7 Å². The topological polar surface area (TPSA) is 96.5 Å². The number of ether oxygens (including phenoxy) is 1. The predicted octanol–water partition coefficient (Wildman–Crippen LogP) is 5.40. The standard InChI is InChI=1S/C28H27N5O3S2.ClH/c1-33(21-15-23(34)30-27(21)35)26-24-20(16-38-28(24)32-25(31-26)22-6-4-14-37-22)17-7-9-19(10-8-17)36-13-11-18-5-2-3-12-29-18;/h4,6-10,14-16,18,29H,2-3,5,11-13H2,1H3,(H,30,34,35);1H. The molecule has 0 bridgehead atoms. The number of piperidine rings is 1. The van der Waals surface area contributed by atoms with Gasteiger partial charge in [-0.25, -0.2) is 9.97 Å². The minimum Gasteiger partial charge on any atom is -0.494 e. The van der Waals surface area contributed by atoms with Crippen molar-refractivity contribution in [2.24, 2.45) is 0 Å². The van der Waals surface area contributed by atoms with Crippen molar-refractivity contribution in [3.63, 3.8) is 0 Å². The summed E-state index contributed by atoms with van der Waals surface area (Å²) in [6.07, 6.45) is 6.07. The lowest BCUT2D eigenvalue weighted by Gasteiger charge is -2.23. The number of halogens is 1. The van der Waals surface area contributed by atoms with Crippen LogP contribution >= 0.6 is 35.1 Å². The van der Waals surface area contributed by atoms with Gasteiger partial charge in [0.2, 0.25) is 0 Å². The van der Waals surface area contributed by atoms with E-state index in [0.717, 1.165) is 44.9 Å². The summed E-state index contributed by atoms with van der Waals surface area (Å²) in [6, 6.07) is 12.5. The summed E-state index contributed by atoms with van der Waals surface area (Å²) in [5, 5.41) is 10.8. The first kappa shape index (κ1) is 27.3. The molecule has 2 N–H and O–H groups in total. The molecule has 1 atom stereocenters. The summed E-state index contributed by atoms with van der Waals surface area (Å²) in [6.45, 7) is 1.78. The van der Waals surface area contributed by atoms with Gasteiger partial charge in [0.15, 0.2) is 5.82 Å². The van der Waals surface area contributed by atoms with Crippen molar-refractivity contribution in [2.75, 3.05) is 25.1 Å². The number of rotatable bonds is 8. The lowest BCUT2D eigenvalue weighted by atomic mass is 10.0. The maximum atomic E-state index is 12.5. The molecule has 11 heteroatoms. The van der Waals surface area contributed by atoms with Crippen molar-refractivity contribution in [3.8, 4) is 27.6 Å². The van der Waals surface area contributed by atoms with Gasteiger partial charge in [-0.1, -0.05) is 24.6 Å². The third-order valence-corrected chi connectivity index (χ3v) is 8.62. The number of aromatic nitrogens is 2. The first-order chi connectivity index (χ1) is 18.6. The summed E-state index contributed by atoms with van der Waals surface area (Å²) in [5.74, 6) is 1.13. The largest absolute Gasteiger partial charge is 0.494 e. The van der Waals surface area contributed by atoms with Gasteiger partial charge in [-0.15, -0.1) is 35.1 Å². The molecule has 2 aliphatic rings. The zero-order valence-corrected chi connectivity index (χ0v) is 23.8. The number of hydrogen-bond donors (Lipinski definition) is 2. The van der Waals surface area contributed by atoms with Crippen molar-refractivity contribution >= 4 is 62.9 Å². The molecule has 0 spiro atoms. The average molecular weight is 582 g/mol. The molecule has 0 saturated carbocycles. The van der Waals surface area contributed by atoms with E-state index in [4.69, 9.17) is 14.7 Å². The van der Waals surface area contributed by atoms with Crippen LogP contribution in [0.5, 0.6) is 5.75 Å². The zero-order chi connectivity index (χ0) is 26.1. The Balaban J connectivity index is 0.00000308. The van der Waals surface area contributed by atoms with E-state index in [-0.39, 0.29) is 18.1 Å². The van der Waals surface area contributed by atoms with Gasteiger partial charge >= 0.3 is 0 Å². The molecule has 1 unspecified atom stereocenters. The molecule has 1 saturated heterocycles. The minimum atomic E-state index is -0.441. The molecule has 4 aromatic rings. The van der Waals surface area contributed by atoms with Gasteiger partial charge in [0.05, 0.1) is 16.9 Å². The Labute approximate surface area is 240 Å². The number of amides is 2. The Kier molecular flexibility index (Phi) is 8.27. The highest BCUT2D eigenvalue weighted by atomic mass is 35.5. The van der Waals surface area contributed by atoms with Gasteiger partial charge in [0.1, 0.15) is 22.1 Å². The third kappa shape index (κ3) is 5.69. The first-order valence-corrected chi connectivity index (χ1v) is 14.4. The molecule has 0 radical (unpaired) electrons. The second-order valence-corrected chi connectivity index (χ2v) is 11.2. The third-order valence-electron chi connectivity index (χ3n) is 6.89. The Bertz CT molecular complexity index is 1510. The molecule has 1 fully saturated rings. The van der Waals surface area contributed by atoms with Crippen LogP contribution in [0.4, 0.5) is 5.82 Å². The molecule has 2 amide bonds. The number of thiophene rings is 2. The molecule has 5 heterocycles. The van der Waals surface area contributed by atoms with E-state index in [2.05, 4.69) is 16.0 Å². The van der Waals surface area contributed by atoms with Gasteiger partial charge in [0, 0.05) is 30.1 Å². The van der Waals surface area contributed by atoms with E-state index >= 15 is 0 Å². The Morgan fingerprint density at radius 1 is 1.10 bits per heavy atom. The van der Waals surface area contributed by atoms with Crippen molar-refractivity contribution in [1.82, 2.24) is 20.6 Å². The number of benzene rings is 1. The maximum Gasteiger partial charge on any atom is 0.274 e. The van der Waals surface area contributed by atoms with Gasteiger partial charge in [-0.2, -0.15) is 0 Å². The summed E-state index contributed by atoms with van der Waals surface area (Å²) >= 11 is 3.08. The highest BCUT2D eigenvalue weighted by molar-refractivity contribution is 7.17. The summed E-state index contributed by atoms with van der Waals surface area (Å²) < 4.78 is 6.02. The molecule has 39 heavy (non-hydrogen) atoms. The number of fused-ring (bicyclic) bond motifs is 1. The number of imide groups is 1. The Morgan fingerprint density at radius 2 is 1.95 bits per heavy atom. The SMILES string of the molecule is CN(C1=CC(=O)NC1=O)c1nc(-c2cccs2)nc2scc(-c3ccc(OCCC4CCCCN4)cc3)c12.Cl. The van der Waals surface area contributed by atoms with Gasteiger partial charge in [-0.3, -0.25) is 14.9 Å². The predicted molar refractivity (Wildman–Crippen MR) is 159 cm³/mol. The monoisotopic (exact) mass is 581 g/mol. The molecule has 2 aliphatic heterocycles. The van der Waals surface area contributed by atoms with Crippen LogP contribution in [-0.4, -0.2) is 48.0 Å². The average Bonchev–Trinajstić information content (AvgIpc) is 3.69. The van der Waals surface area contributed by atoms with Crippen LogP contribution in [0.25, 0.3) is 32.0 Å².